The van der Waals surface area contributed by atoms with E-state index in [2.05, 4.69) is 0 Å². The number of rotatable bonds is 10. The van der Waals surface area contributed by atoms with Gasteiger partial charge in [-0.3, -0.25) is 0 Å². The van der Waals surface area contributed by atoms with Gasteiger partial charge in [0.05, 0.1) is 0 Å². The predicted octanol–water partition coefficient (Wildman–Crippen LogP) is 4.03. The Labute approximate surface area is 142 Å². The first kappa shape index (κ1) is 22.3. The summed E-state index contributed by atoms with van der Waals surface area (Å²) in [5.41, 5.74) is 0.0297. The van der Waals surface area contributed by atoms with Crippen LogP contribution in [0.4, 0.5) is 0 Å². The van der Waals surface area contributed by atoms with Crippen molar-refractivity contribution in [3.63, 3.8) is 0 Å². The van der Waals surface area contributed by atoms with Crippen molar-refractivity contribution < 1.29 is 22.8 Å². The Kier molecular flexibility index (Phi) is 9.92. The molecule has 0 N–H and O–H groups in total. The highest BCUT2D eigenvalue weighted by Crippen LogP contribution is 2.26. The number of hydrogen-bond donors (Lipinski definition) is 0. The normalized spacial score (nSPS) is 14.7. The summed E-state index contributed by atoms with van der Waals surface area (Å²) in [6.45, 7) is 17.1. The maximum absolute atomic E-state index is 12.2. The Morgan fingerprint density at radius 1 is 0.957 bits per heavy atom. The second kappa shape index (κ2) is 10.2. The Balaban J connectivity index is 5.65. The van der Waals surface area contributed by atoms with Crippen molar-refractivity contribution in [1.82, 2.24) is 0 Å². The third kappa shape index (κ3) is 7.61. The fraction of sp³-hybridized carbons (Fsp3) is 0.824. The number of hydrogen-bond acceptors (Lipinski definition) is 5. The van der Waals surface area contributed by atoms with E-state index >= 15 is 0 Å². The van der Waals surface area contributed by atoms with E-state index in [0.29, 0.717) is 12.0 Å². The molecule has 0 saturated heterocycles. The topological polar surface area (TPSA) is 54.0 Å². The highest BCUT2D eigenvalue weighted by Gasteiger charge is 2.54. The van der Waals surface area contributed by atoms with Gasteiger partial charge in [-0.1, -0.05) is 13.0 Å². The van der Waals surface area contributed by atoms with Gasteiger partial charge in [0, 0.05) is 23.9 Å². The van der Waals surface area contributed by atoms with E-state index < -0.39 is 14.5 Å². The minimum atomic E-state index is -3.21. The number of ether oxygens (including phenoxy) is 1. The van der Waals surface area contributed by atoms with Crippen molar-refractivity contribution >= 4 is 14.8 Å². The molecule has 136 valence electrons. The van der Waals surface area contributed by atoms with E-state index in [1.165, 1.54) is 0 Å². The van der Waals surface area contributed by atoms with Crippen LogP contribution in [0.15, 0.2) is 11.6 Å². The summed E-state index contributed by atoms with van der Waals surface area (Å²) in [4.78, 5) is 12.2. The molecule has 0 aliphatic heterocycles. The van der Waals surface area contributed by atoms with Crippen molar-refractivity contribution in [2.45, 2.75) is 92.8 Å². The number of allylic oxidation sites excluding steroid dienone is 1. The molecule has 6 heteroatoms. The van der Waals surface area contributed by atoms with Crippen LogP contribution in [0.25, 0.3) is 0 Å². The zero-order chi connectivity index (χ0) is 18.2. The molecule has 0 radical (unpaired) electrons. The second-order valence-electron chi connectivity index (χ2n) is 6.38. The third-order valence-electron chi connectivity index (χ3n) is 2.97. The maximum Gasteiger partial charge on any atom is 0.544 e. The summed E-state index contributed by atoms with van der Waals surface area (Å²) < 4.78 is 24.1. The van der Waals surface area contributed by atoms with E-state index in [1.54, 1.807) is 13.0 Å². The smallest absolute Gasteiger partial charge is 0.454 e. The van der Waals surface area contributed by atoms with E-state index in [4.69, 9.17) is 18.0 Å². The van der Waals surface area contributed by atoms with Crippen molar-refractivity contribution in [1.29, 1.82) is 0 Å². The Morgan fingerprint density at radius 2 is 1.35 bits per heavy atom. The van der Waals surface area contributed by atoms with Crippen molar-refractivity contribution in [3.05, 3.63) is 11.6 Å². The molecule has 1 atom stereocenters. The molecular weight excluding hydrogens is 312 g/mol. The van der Waals surface area contributed by atoms with Gasteiger partial charge in [0.15, 0.2) is 5.73 Å². The van der Waals surface area contributed by atoms with Gasteiger partial charge >= 0.3 is 14.8 Å². The van der Waals surface area contributed by atoms with Crippen LogP contribution in [0.1, 0.15) is 68.7 Å². The molecule has 0 fully saturated rings. The average molecular weight is 347 g/mol. The molecule has 0 aromatic heterocycles. The Hall–Kier alpha value is -0.693. The summed E-state index contributed by atoms with van der Waals surface area (Å²) >= 11 is 0. The third-order valence-corrected chi connectivity index (χ3v) is 6.68. The molecule has 0 saturated carbocycles. The molecule has 0 spiro atoms. The predicted molar refractivity (Wildman–Crippen MR) is 94.0 cm³/mol. The minimum absolute atomic E-state index is 0.0882. The molecular formula is C17H34O5Si. The van der Waals surface area contributed by atoms with Gasteiger partial charge in [0.2, 0.25) is 0 Å². The summed E-state index contributed by atoms with van der Waals surface area (Å²) in [5.74, 6) is -0.358. The SMILES string of the molecule is CC=C(C)C(=O)OC(CC)[Si](OC(C)C)(OC(C)C)OC(C)C. The summed E-state index contributed by atoms with van der Waals surface area (Å²) in [5, 5.41) is 0. The van der Waals surface area contributed by atoms with Crippen LogP contribution in [0.3, 0.4) is 0 Å². The molecule has 23 heavy (non-hydrogen) atoms. The summed E-state index contributed by atoms with van der Waals surface area (Å²) in [7, 11) is -3.21. The lowest BCUT2D eigenvalue weighted by molar-refractivity contribution is -0.146. The second-order valence-corrected chi connectivity index (χ2v) is 8.94. The molecule has 5 nitrogen and oxygen atoms in total. The van der Waals surface area contributed by atoms with Crippen molar-refractivity contribution in [2.24, 2.45) is 0 Å². The lowest BCUT2D eigenvalue weighted by Gasteiger charge is -2.38. The number of carbonyl (C=O) groups excluding carboxylic acids is 1. The Morgan fingerprint density at radius 3 is 1.61 bits per heavy atom. The lowest BCUT2D eigenvalue weighted by atomic mass is 10.3. The lowest BCUT2D eigenvalue weighted by Crippen LogP contribution is -2.61. The largest absolute Gasteiger partial charge is 0.544 e. The molecule has 0 amide bonds. The maximum atomic E-state index is 12.2. The zero-order valence-corrected chi connectivity index (χ0v) is 17.1. The fourth-order valence-electron chi connectivity index (χ4n) is 2.04. The monoisotopic (exact) mass is 346 g/mol. The van der Waals surface area contributed by atoms with E-state index in [-0.39, 0.29) is 24.3 Å². The van der Waals surface area contributed by atoms with Gasteiger partial charge in [-0.05, 0) is 61.8 Å². The molecule has 0 rings (SSSR count). The van der Waals surface area contributed by atoms with Gasteiger partial charge in [-0.15, -0.1) is 0 Å². The van der Waals surface area contributed by atoms with Crippen molar-refractivity contribution in [3.8, 4) is 0 Å². The summed E-state index contributed by atoms with van der Waals surface area (Å²) in [6.07, 6.45) is 2.04. The van der Waals surface area contributed by atoms with Gasteiger partial charge in [-0.2, -0.15) is 0 Å². The fourth-order valence-corrected chi connectivity index (χ4v) is 5.39. The van der Waals surface area contributed by atoms with E-state index in [1.807, 2.05) is 55.4 Å². The highest BCUT2D eigenvalue weighted by atomic mass is 28.4. The van der Waals surface area contributed by atoms with Crippen LogP contribution in [-0.4, -0.2) is 38.8 Å². The van der Waals surface area contributed by atoms with Crippen LogP contribution in [0.5, 0.6) is 0 Å². The van der Waals surface area contributed by atoms with E-state index in [0.717, 1.165) is 0 Å². The van der Waals surface area contributed by atoms with Gasteiger partial charge in [-0.25, -0.2) is 4.79 Å². The first-order valence-corrected chi connectivity index (χ1v) is 10.2. The molecule has 0 heterocycles. The van der Waals surface area contributed by atoms with Crippen molar-refractivity contribution in [2.75, 3.05) is 0 Å². The van der Waals surface area contributed by atoms with Gasteiger partial charge in [0.25, 0.3) is 0 Å². The molecule has 0 aromatic carbocycles. The molecule has 0 aliphatic carbocycles. The number of esters is 1. The molecule has 0 aromatic rings. The summed E-state index contributed by atoms with van der Waals surface area (Å²) in [6, 6.07) is 0. The van der Waals surface area contributed by atoms with Crippen LogP contribution >= 0.6 is 0 Å². The average Bonchev–Trinajstić information content (AvgIpc) is 2.40. The first-order chi connectivity index (χ1) is 10.6. The van der Waals surface area contributed by atoms with Crippen LogP contribution in [-0.2, 0) is 22.8 Å². The number of carbonyl (C=O) groups is 1. The first-order valence-electron chi connectivity index (χ1n) is 8.45. The quantitative estimate of drug-likeness (QED) is 0.340. The van der Waals surface area contributed by atoms with E-state index in [9.17, 15) is 4.79 Å². The molecule has 0 bridgehead atoms. The highest BCUT2D eigenvalue weighted by molar-refractivity contribution is 6.62. The minimum Gasteiger partial charge on any atom is -0.454 e. The van der Waals surface area contributed by atoms with Gasteiger partial charge in [0.1, 0.15) is 0 Å². The van der Waals surface area contributed by atoms with Crippen LogP contribution in [0.2, 0.25) is 0 Å². The molecule has 1 unspecified atom stereocenters. The van der Waals surface area contributed by atoms with Crippen LogP contribution in [0, 0.1) is 0 Å². The molecule has 0 aliphatic rings. The van der Waals surface area contributed by atoms with Crippen LogP contribution < -0.4 is 0 Å². The standard InChI is InChI=1S/C17H34O5Si/c1-10-15(9)17(18)19-16(11-2)23(20-12(3)4,21-13(5)6)22-14(7)8/h10,12-14,16H,11H2,1-9H3. The zero-order valence-electron chi connectivity index (χ0n) is 16.1. The Bertz CT molecular complexity index is 364. The van der Waals surface area contributed by atoms with Gasteiger partial charge < -0.3 is 18.0 Å².